The van der Waals surface area contributed by atoms with Crippen LogP contribution < -0.4 is 5.32 Å². The first-order valence-electron chi connectivity index (χ1n) is 10.3. The molecule has 0 saturated carbocycles. The Morgan fingerprint density at radius 2 is 1.81 bits per heavy atom. The maximum absolute atomic E-state index is 14.2. The third-order valence-electron chi connectivity index (χ3n) is 5.72. The van der Waals surface area contributed by atoms with E-state index in [1.807, 2.05) is 0 Å². The Bertz CT molecular complexity index is 1400. The van der Waals surface area contributed by atoms with Crippen molar-refractivity contribution in [1.82, 2.24) is 9.78 Å². The number of benzene rings is 2. The number of halogens is 5. The predicted octanol–water partition coefficient (Wildman–Crippen LogP) is 5.57. The van der Waals surface area contributed by atoms with E-state index in [-0.39, 0.29) is 38.3 Å². The molecule has 2 N–H and O–H groups in total. The molecule has 0 fully saturated rings. The van der Waals surface area contributed by atoms with Crippen LogP contribution in [0.2, 0.25) is 10.0 Å². The maximum Gasteiger partial charge on any atom is 0.435 e. The van der Waals surface area contributed by atoms with Gasteiger partial charge < -0.3 is 15.3 Å². The lowest BCUT2D eigenvalue weighted by Crippen LogP contribution is -2.42. The number of nitrogens with zero attached hydrogens (tertiary/aromatic N) is 3. The molecule has 0 radical (unpaired) electrons. The van der Waals surface area contributed by atoms with Crippen LogP contribution in [-0.2, 0) is 17.5 Å². The number of amides is 1. The fourth-order valence-electron chi connectivity index (χ4n) is 3.86. The highest BCUT2D eigenvalue weighted by Crippen LogP contribution is 2.49. The van der Waals surface area contributed by atoms with Gasteiger partial charge in [-0.25, -0.2) is 4.79 Å². The van der Waals surface area contributed by atoms with Gasteiger partial charge in [-0.05, 0) is 48.4 Å². The van der Waals surface area contributed by atoms with E-state index in [2.05, 4.69) is 15.6 Å². The Kier molecular flexibility index (Phi) is 6.48. The fourth-order valence-corrected chi connectivity index (χ4v) is 4.39. The molecule has 4 rings (SSSR count). The summed E-state index contributed by atoms with van der Waals surface area (Å²) in [7, 11) is 1.47. The van der Waals surface area contributed by atoms with Gasteiger partial charge in [-0.1, -0.05) is 34.4 Å². The standard InChI is InChI=1S/C23H17Cl2F3N4O4/c1-11-5-12(3-4-16(11)20(33)30-19-17(21(34)35)10-29-32(19)2)18-9-22(36-31-18,23(26,27)28)13-6-14(24)8-15(25)7-13/h3-8,10H,9H2,1-2H3,(H,30,33)(H,34,35). The molecule has 1 unspecified atom stereocenters. The zero-order chi connectivity index (χ0) is 26.4. The van der Waals surface area contributed by atoms with Crippen LogP contribution in [0.15, 0.2) is 47.8 Å². The molecule has 1 amide bonds. The quantitative estimate of drug-likeness (QED) is 0.440. The maximum atomic E-state index is 14.2. The Morgan fingerprint density at radius 3 is 2.39 bits per heavy atom. The summed E-state index contributed by atoms with van der Waals surface area (Å²) in [5, 5.41) is 19.3. The number of aromatic nitrogens is 2. The molecule has 0 saturated heterocycles. The monoisotopic (exact) mass is 540 g/mol. The Labute approximate surface area is 212 Å². The van der Waals surface area contributed by atoms with Crippen molar-refractivity contribution in [3.05, 3.63) is 80.5 Å². The molecule has 1 aromatic heterocycles. The van der Waals surface area contributed by atoms with Crippen molar-refractivity contribution in [1.29, 1.82) is 0 Å². The van der Waals surface area contributed by atoms with Crippen LogP contribution in [0.4, 0.5) is 19.0 Å². The predicted molar refractivity (Wildman–Crippen MR) is 126 cm³/mol. The number of hydrogen-bond donors (Lipinski definition) is 2. The molecule has 188 valence electrons. The second kappa shape index (κ2) is 9.14. The second-order valence-electron chi connectivity index (χ2n) is 8.11. The minimum Gasteiger partial charge on any atom is -0.477 e. The highest BCUT2D eigenvalue weighted by molar-refractivity contribution is 6.34. The van der Waals surface area contributed by atoms with E-state index in [0.717, 1.165) is 18.3 Å². The third kappa shape index (κ3) is 4.51. The van der Waals surface area contributed by atoms with Crippen LogP contribution in [0.3, 0.4) is 0 Å². The number of aromatic carboxylic acids is 1. The summed E-state index contributed by atoms with van der Waals surface area (Å²) in [6, 6.07) is 7.90. The number of carboxylic acids is 1. The van der Waals surface area contributed by atoms with Crippen LogP contribution in [-0.4, -0.2) is 38.7 Å². The first-order valence-corrected chi connectivity index (χ1v) is 11.0. The van der Waals surface area contributed by atoms with E-state index in [1.165, 1.54) is 36.0 Å². The molecule has 2 heterocycles. The van der Waals surface area contributed by atoms with Crippen LogP contribution in [0.5, 0.6) is 0 Å². The molecule has 2 aromatic carbocycles. The molecule has 0 spiro atoms. The SMILES string of the molecule is Cc1cc(C2=NOC(c3cc(Cl)cc(Cl)c3)(C(F)(F)F)C2)ccc1C(=O)Nc1c(C(=O)O)cnn1C. The Balaban J connectivity index is 1.61. The van der Waals surface area contributed by atoms with Crippen molar-refractivity contribution in [2.75, 3.05) is 5.32 Å². The summed E-state index contributed by atoms with van der Waals surface area (Å²) >= 11 is 11.9. The number of anilines is 1. The van der Waals surface area contributed by atoms with E-state index in [9.17, 15) is 27.9 Å². The van der Waals surface area contributed by atoms with Crippen molar-refractivity contribution >= 4 is 46.6 Å². The lowest BCUT2D eigenvalue weighted by Gasteiger charge is -2.29. The number of oxime groups is 1. The van der Waals surface area contributed by atoms with Gasteiger partial charge in [0.2, 0.25) is 0 Å². The van der Waals surface area contributed by atoms with Gasteiger partial charge in [0, 0.05) is 34.6 Å². The lowest BCUT2D eigenvalue weighted by molar-refractivity contribution is -0.275. The first-order chi connectivity index (χ1) is 16.8. The number of aryl methyl sites for hydroxylation is 2. The van der Waals surface area contributed by atoms with Gasteiger partial charge in [-0.2, -0.15) is 18.3 Å². The van der Waals surface area contributed by atoms with Crippen molar-refractivity contribution < 1.29 is 32.7 Å². The fraction of sp³-hybridized carbons (Fsp3) is 0.217. The number of rotatable bonds is 5. The van der Waals surface area contributed by atoms with E-state index in [0.29, 0.717) is 11.1 Å². The van der Waals surface area contributed by atoms with Crippen LogP contribution in [0.25, 0.3) is 0 Å². The average Bonchev–Trinajstić information content (AvgIpc) is 3.38. The van der Waals surface area contributed by atoms with E-state index in [1.54, 1.807) is 6.92 Å². The molecular formula is C23H17Cl2F3N4O4. The summed E-state index contributed by atoms with van der Waals surface area (Å²) in [5.41, 5.74) is -2.34. The summed E-state index contributed by atoms with van der Waals surface area (Å²) in [5.74, 6) is -1.90. The summed E-state index contributed by atoms with van der Waals surface area (Å²) in [6.45, 7) is 1.59. The van der Waals surface area contributed by atoms with Gasteiger partial charge in [-0.15, -0.1) is 0 Å². The normalized spacial score (nSPS) is 17.5. The van der Waals surface area contributed by atoms with Crippen LogP contribution in [0, 0.1) is 6.92 Å². The zero-order valence-electron chi connectivity index (χ0n) is 18.7. The van der Waals surface area contributed by atoms with E-state index in [4.69, 9.17) is 28.0 Å². The smallest absolute Gasteiger partial charge is 0.435 e. The number of carbonyl (C=O) groups excluding carboxylic acids is 1. The highest BCUT2D eigenvalue weighted by atomic mass is 35.5. The van der Waals surface area contributed by atoms with Crippen LogP contribution >= 0.6 is 23.2 Å². The molecule has 1 aliphatic heterocycles. The molecule has 1 aliphatic rings. The number of hydrogen-bond acceptors (Lipinski definition) is 5. The Hall–Kier alpha value is -3.57. The molecule has 8 nitrogen and oxygen atoms in total. The van der Waals surface area contributed by atoms with Gasteiger partial charge in [0.25, 0.3) is 11.5 Å². The van der Waals surface area contributed by atoms with Crippen molar-refractivity contribution in [2.24, 2.45) is 12.2 Å². The lowest BCUT2D eigenvalue weighted by atomic mass is 9.86. The van der Waals surface area contributed by atoms with Crippen LogP contribution in [0.1, 0.15) is 43.8 Å². The molecule has 36 heavy (non-hydrogen) atoms. The first kappa shape index (κ1) is 25.5. The van der Waals surface area contributed by atoms with Crippen molar-refractivity contribution in [3.63, 3.8) is 0 Å². The average molecular weight is 541 g/mol. The van der Waals surface area contributed by atoms with Gasteiger partial charge in [0.05, 0.1) is 11.9 Å². The zero-order valence-corrected chi connectivity index (χ0v) is 20.2. The van der Waals surface area contributed by atoms with Gasteiger partial charge >= 0.3 is 12.1 Å². The summed E-state index contributed by atoms with van der Waals surface area (Å²) < 4.78 is 43.9. The topological polar surface area (TPSA) is 106 Å². The highest BCUT2D eigenvalue weighted by Gasteiger charge is 2.62. The Morgan fingerprint density at radius 1 is 1.14 bits per heavy atom. The molecule has 1 atom stereocenters. The number of carbonyl (C=O) groups is 2. The van der Waals surface area contributed by atoms with Crippen molar-refractivity contribution in [3.8, 4) is 0 Å². The number of nitrogens with one attached hydrogen (secondary N) is 1. The third-order valence-corrected chi connectivity index (χ3v) is 6.16. The van der Waals surface area contributed by atoms with Gasteiger partial charge in [-0.3, -0.25) is 9.48 Å². The summed E-state index contributed by atoms with van der Waals surface area (Å²) in [6.07, 6.45) is -4.38. The minimum atomic E-state index is -4.84. The minimum absolute atomic E-state index is 0.0123. The molecular weight excluding hydrogens is 524 g/mol. The largest absolute Gasteiger partial charge is 0.477 e. The molecule has 0 aliphatic carbocycles. The van der Waals surface area contributed by atoms with E-state index < -0.39 is 30.1 Å². The van der Waals surface area contributed by atoms with Gasteiger partial charge in [0.1, 0.15) is 11.4 Å². The molecule has 3 aromatic rings. The van der Waals surface area contributed by atoms with Gasteiger partial charge in [0.15, 0.2) is 0 Å². The molecule has 13 heteroatoms. The van der Waals surface area contributed by atoms with E-state index >= 15 is 0 Å². The summed E-state index contributed by atoms with van der Waals surface area (Å²) in [4.78, 5) is 29.2. The number of alkyl halides is 3. The number of carboxylic acid groups (broad SMARTS) is 1. The second-order valence-corrected chi connectivity index (χ2v) is 8.98. The van der Waals surface area contributed by atoms with Crippen molar-refractivity contribution in [2.45, 2.75) is 25.1 Å². The molecule has 0 bridgehead atoms.